The van der Waals surface area contributed by atoms with Crippen LogP contribution in [0.5, 0.6) is 5.75 Å². The zero-order chi connectivity index (χ0) is 15.4. The smallest absolute Gasteiger partial charge is 0.257 e. The molecule has 3 N–H and O–H groups in total. The number of hydrogen-bond donors (Lipinski definition) is 2. The molecule has 0 spiro atoms. The number of nitrogens with zero attached hydrogens (tertiary/aromatic N) is 2. The van der Waals surface area contributed by atoms with E-state index in [1.54, 1.807) is 7.05 Å². The van der Waals surface area contributed by atoms with Gasteiger partial charge in [-0.3, -0.25) is 9.78 Å². The first-order valence-electron chi connectivity index (χ1n) is 6.26. The molecular weight excluding hydrogens is 286 g/mol. The zero-order valence-corrected chi connectivity index (χ0v) is 12.3. The molecule has 2 aromatic rings. The number of aromatic hydroxyl groups is 1. The van der Waals surface area contributed by atoms with Gasteiger partial charge in [-0.1, -0.05) is 30.4 Å². The Hall–Kier alpha value is -2.47. The predicted molar refractivity (Wildman–Crippen MR) is 84.0 cm³/mol. The molecule has 1 amide bonds. The number of benzene rings is 1. The summed E-state index contributed by atoms with van der Waals surface area (Å²) in [5, 5.41) is 9.67. The molecule has 0 radical (unpaired) electrons. The zero-order valence-electron chi connectivity index (χ0n) is 11.5. The summed E-state index contributed by atoms with van der Waals surface area (Å²) in [5.41, 5.74) is 7.48. The molecule has 0 aliphatic rings. The molecule has 0 fully saturated rings. The number of nitrogens with two attached hydrogens (primary N) is 1. The first kappa shape index (κ1) is 14.9. The quantitative estimate of drug-likeness (QED) is 0.840. The van der Waals surface area contributed by atoms with E-state index in [9.17, 15) is 9.90 Å². The number of aromatic nitrogens is 1. The van der Waals surface area contributed by atoms with Crippen LogP contribution in [-0.2, 0) is 6.54 Å². The van der Waals surface area contributed by atoms with Crippen molar-refractivity contribution in [1.29, 1.82) is 0 Å². The van der Waals surface area contributed by atoms with Gasteiger partial charge in [0.05, 0.1) is 11.8 Å². The molecule has 0 bridgehead atoms. The average Bonchev–Trinajstić information content (AvgIpc) is 2.47. The fourth-order valence-corrected chi connectivity index (χ4v) is 2.07. The minimum absolute atomic E-state index is 0.133. The van der Waals surface area contributed by atoms with Crippen molar-refractivity contribution >= 4 is 23.1 Å². The molecule has 5 nitrogen and oxygen atoms in total. The van der Waals surface area contributed by atoms with Gasteiger partial charge in [-0.25, -0.2) is 0 Å². The third-order valence-electron chi connectivity index (χ3n) is 3.01. The van der Waals surface area contributed by atoms with E-state index < -0.39 is 0 Å². The fraction of sp³-hybridized carbons (Fsp3) is 0.133. The van der Waals surface area contributed by atoms with Crippen molar-refractivity contribution in [1.82, 2.24) is 9.88 Å². The molecule has 0 saturated carbocycles. The average molecular weight is 301 g/mol. The lowest BCUT2D eigenvalue weighted by Gasteiger charge is -2.18. The van der Waals surface area contributed by atoms with Gasteiger partial charge in [0.15, 0.2) is 0 Å². The van der Waals surface area contributed by atoms with Crippen molar-refractivity contribution in [2.45, 2.75) is 6.54 Å². The van der Waals surface area contributed by atoms with Gasteiger partial charge in [-0.05, 0) is 17.7 Å². The van der Waals surface area contributed by atoms with Crippen LogP contribution in [0.15, 0.2) is 42.7 Å². The first-order valence-corrected chi connectivity index (χ1v) is 6.67. The number of rotatable bonds is 4. The number of thiocarbonyl (C=S) groups is 1. The SMILES string of the molecule is CN(Cc1cccc(C(N)=S)c1)C(=O)c1ccncc1O. The van der Waals surface area contributed by atoms with Crippen LogP contribution in [0.3, 0.4) is 0 Å². The summed E-state index contributed by atoms with van der Waals surface area (Å²) >= 11 is 4.94. The summed E-state index contributed by atoms with van der Waals surface area (Å²) in [6.07, 6.45) is 2.71. The van der Waals surface area contributed by atoms with E-state index in [4.69, 9.17) is 18.0 Å². The van der Waals surface area contributed by atoms with Crippen LogP contribution in [0, 0.1) is 0 Å². The summed E-state index contributed by atoms with van der Waals surface area (Å²) in [5.74, 6) is -0.415. The van der Waals surface area contributed by atoms with E-state index in [2.05, 4.69) is 4.98 Å². The maximum atomic E-state index is 12.3. The summed E-state index contributed by atoms with van der Waals surface area (Å²) in [6.45, 7) is 0.386. The lowest BCUT2D eigenvalue weighted by molar-refractivity contribution is 0.0782. The van der Waals surface area contributed by atoms with E-state index in [1.807, 2.05) is 24.3 Å². The minimum Gasteiger partial charge on any atom is -0.505 e. The Balaban J connectivity index is 2.16. The highest BCUT2D eigenvalue weighted by Crippen LogP contribution is 2.17. The van der Waals surface area contributed by atoms with E-state index in [0.29, 0.717) is 11.5 Å². The van der Waals surface area contributed by atoms with Crippen molar-refractivity contribution in [3.05, 3.63) is 59.4 Å². The molecule has 6 heteroatoms. The summed E-state index contributed by atoms with van der Waals surface area (Å²) in [4.78, 5) is 17.9. The monoisotopic (exact) mass is 301 g/mol. The number of hydrogen-bond acceptors (Lipinski definition) is 4. The van der Waals surface area contributed by atoms with Gasteiger partial charge in [0.1, 0.15) is 10.7 Å². The highest BCUT2D eigenvalue weighted by atomic mass is 32.1. The molecule has 0 unspecified atom stereocenters. The number of carbonyl (C=O) groups is 1. The van der Waals surface area contributed by atoms with Gasteiger partial charge >= 0.3 is 0 Å². The Kier molecular flexibility index (Phi) is 4.49. The molecule has 1 aromatic heterocycles. The van der Waals surface area contributed by atoms with Gasteiger partial charge < -0.3 is 15.7 Å². The van der Waals surface area contributed by atoms with Crippen LogP contribution in [0.4, 0.5) is 0 Å². The van der Waals surface area contributed by atoms with Crippen LogP contribution in [0.25, 0.3) is 0 Å². The third kappa shape index (κ3) is 3.55. The van der Waals surface area contributed by atoms with E-state index in [0.717, 1.165) is 11.1 Å². The second-order valence-electron chi connectivity index (χ2n) is 4.62. The third-order valence-corrected chi connectivity index (χ3v) is 3.24. The standard InChI is InChI=1S/C15H15N3O2S/c1-18(15(20)12-5-6-17-8-13(12)19)9-10-3-2-4-11(7-10)14(16)21/h2-8,19H,9H2,1H3,(H2,16,21). The molecular formula is C15H15N3O2S. The number of pyridine rings is 1. The highest BCUT2D eigenvalue weighted by molar-refractivity contribution is 7.80. The maximum absolute atomic E-state index is 12.3. The largest absolute Gasteiger partial charge is 0.505 e. The van der Waals surface area contributed by atoms with Crippen molar-refractivity contribution in [3.63, 3.8) is 0 Å². The van der Waals surface area contributed by atoms with Crippen molar-refractivity contribution < 1.29 is 9.90 Å². The second-order valence-corrected chi connectivity index (χ2v) is 5.06. The molecule has 2 rings (SSSR count). The molecule has 21 heavy (non-hydrogen) atoms. The molecule has 108 valence electrons. The summed E-state index contributed by atoms with van der Waals surface area (Å²) in [7, 11) is 1.66. The van der Waals surface area contributed by atoms with Crippen molar-refractivity contribution in [2.75, 3.05) is 7.05 Å². The van der Waals surface area contributed by atoms with Crippen LogP contribution in [-0.4, -0.2) is 32.9 Å². The maximum Gasteiger partial charge on any atom is 0.257 e. The van der Waals surface area contributed by atoms with Gasteiger partial charge in [0, 0.05) is 25.4 Å². The van der Waals surface area contributed by atoms with Gasteiger partial charge in [0.2, 0.25) is 0 Å². The molecule has 0 aliphatic heterocycles. The Morgan fingerprint density at radius 3 is 2.86 bits per heavy atom. The van der Waals surface area contributed by atoms with Crippen LogP contribution in [0.2, 0.25) is 0 Å². The van der Waals surface area contributed by atoms with Crippen LogP contribution >= 0.6 is 12.2 Å². The first-order chi connectivity index (χ1) is 9.99. The van der Waals surface area contributed by atoms with Gasteiger partial charge in [-0.15, -0.1) is 0 Å². The van der Waals surface area contributed by atoms with Gasteiger partial charge in [0.25, 0.3) is 5.91 Å². The number of carbonyl (C=O) groups excluding carboxylic acids is 1. The lowest BCUT2D eigenvalue weighted by Crippen LogP contribution is -2.26. The second kappa shape index (κ2) is 6.32. The Labute approximate surface area is 128 Å². The highest BCUT2D eigenvalue weighted by Gasteiger charge is 2.16. The minimum atomic E-state index is -0.282. The van der Waals surface area contributed by atoms with Crippen molar-refractivity contribution in [2.24, 2.45) is 5.73 Å². The Morgan fingerprint density at radius 1 is 1.43 bits per heavy atom. The topological polar surface area (TPSA) is 79.5 Å². The van der Waals surface area contributed by atoms with Crippen LogP contribution < -0.4 is 5.73 Å². The molecule has 0 aliphatic carbocycles. The Bertz CT molecular complexity index is 688. The molecule has 0 atom stereocenters. The van der Waals surface area contributed by atoms with Gasteiger partial charge in [-0.2, -0.15) is 0 Å². The van der Waals surface area contributed by atoms with E-state index in [1.165, 1.54) is 23.4 Å². The van der Waals surface area contributed by atoms with E-state index in [-0.39, 0.29) is 17.2 Å². The summed E-state index contributed by atoms with van der Waals surface area (Å²) < 4.78 is 0. The molecule has 1 aromatic carbocycles. The number of amides is 1. The van der Waals surface area contributed by atoms with Crippen LogP contribution in [0.1, 0.15) is 21.5 Å². The fourth-order valence-electron chi connectivity index (χ4n) is 1.94. The molecule has 0 saturated heterocycles. The summed E-state index contributed by atoms with van der Waals surface area (Å²) in [6, 6.07) is 8.88. The molecule has 1 heterocycles. The predicted octanol–water partition coefficient (Wildman–Crippen LogP) is 1.69. The Morgan fingerprint density at radius 2 is 2.19 bits per heavy atom. The normalized spacial score (nSPS) is 10.1. The van der Waals surface area contributed by atoms with Crippen molar-refractivity contribution in [3.8, 4) is 5.75 Å². The lowest BCUT2D eigenvalue weighted by atomic mass is 10.1. The van der Waals surface area contributed by atoms with E-state index >= 15 is 0 Å².